The molecule has 2 atom stereocenters. The molecule has 0 N–H and O–H groups in total. The molecule has 1 saturated heterocycles. The van der Waals surface area contributed by atoms with Gasteiger partial charge in [0.05, 0.1) is 18.9 Å². The molecule has 0 unspecified atom stereocenters. The van der Waals surface area contributed by atoms with E-state index < -0.39 is 43.0 Å². The predicted octanol–water partition coefficient (Wildman–Crippen LogP) is 3.00. The lowest BCUT2D eigenvalue weighted by atomic mass is 9.89. The van der Waals surface area contributed by atoms with Crippen molar-refractivity contribution < 1.29 is 32.2 Å². The largest absolute Gasteiger partial charge is 0.469 e. The van der Waals surface area contributed by atoms with Crippen molar-refractivity contribution in [3.8, 4) is 0 Å². The van der Waals surface area contributed by atoms with Gasteiger partial charge in [-0.3, -0.25) is 4.79 Å². The Morgan fingerprint density at radius 1 is 1.21 bits per heavy atom. The number of hydrogen-bond acceptors (Lipinski definition) is 4. The van der Waals surface area contributed by atoms with E-state index in [1.807, 2.05) is 0 Å². The number of likely N-dealkylation sites (tertiary alicyclic amines) is 1. The first-order valence-corrected chi connectivity index (χ1v) is 7.41. The number of piperidine rings is 1. The average Bonchev–Trinajstić information content (AvgIpc) is 2.58. The molecule has 1 aliphatic rings. The topological polar surface area (TPSA) is 55.8 Å². The standard InChI is InChI=1S/C16H18F3NO4/c1-23-14(21)12-7-13(16(17,18)19)9-20(8-12)15(22)24-10-11-5-3-2-4-6-11/h2-6,12-13H,7-10H2,1H3/t12-,13+/m1/s1. The van der Waals surface area contributed by atoms with Crippen LogP contribution in [0.1, 0.15) is 12.0 Å². The summed E-state index contributed by atoms with van der Waals surface area (Å²) < 4.78 is 48.7. The average molecular weight is 345 g/mol. The zero-order chi connectivity index (χ0) is 17.7. The molecule has 5 nitrogen and oxygen atoms in total. The molecule has 1 fully saturated rings. The van der Waals surface area contributed by atoms with Crippen LogP contribution in [0.3, 0.4) is 0 Å². The number of ether oxygens (including phenoxy) is 2. The van der Waals surface area contributed by atoms with Gasteiger partial charge >= 0.3 is 18.2 Å². The van der Waals surface area contributed by atoms with Crippen LogP contribution in [0.15, 0.2) is 30.3 Å². The minimum atomic E-state index is -4.50. The number of halogens is 3. The highest BCUT2D eigenvalue weighted by atomic mass is 19.4. The molecule has 0 spiro atoms. The minimum Gasteiger partial charge on any atom is -0.469 e. The summed E-state index contributed by atoms with van der Waals surface area (Å²) in [5, 5.41) is 0. The van der Waals surface area contributed by atoms with E-state index in [4.69, 9.17) is 4.74 Å². The third-order valence-corrected chi connectivity index (χ3v) is 3.91. The second kappa shape index (κ2) is 7.55. The number of benzene rings is 1. The maximum Gasteiger partial charge on any atom is 0.410 e. The maximum atomic E-state index is 13.0. The summed E-state index contributed by atoms with van der Waals surface area (Å²) in [6, 6.07) is 8.79. The molecule has 1 aromatic rings. The first kappa shape index (κ1) is 18.1. The number of carbonyl (C=O) groups excluding carboxylic acids is 2. The van der Waals surface area contributed by atoms with Crippen molar-refractivity contribution >= 4 is 12.1 Å². The third kappa shape index (κ3) is 4.62. The van der Waals surface area contributed by atoms with Crippen LogP contribution in [0.25, 0.3) is 0 Å². The molecule has 1 heterocycles. The number of methoxy groups -OCH3 is 1. The van der Waals surface area contributed by atoms with E-state index in [1.165, 1.54) is 0 Å². The molecular weight excluding hydrogens is 327 g/mol. The normalized spacial score (nSPS) is 21.2. The minimum absolute atomic E-state index is 0.0459. The van der Waals surface area contributed by atoms with E-state index in [9.17, 15) is 22.8 Å². The van der Waals surface area contributed by atoms with E-state index in [-0.39, 0.29) is 13.2 Å². The summed E-state index contributed by atoms with van der Waals surface area (Å²) in [5.41, 5.74) is 0.722. The van der Waals surface area contributed by atoms with Crippen molar-refractivity contribution in [2.75, 3.05) is 20.2 Å². The van der Waals surface area contributed by atoms with Gasteiger partial charge in [-0.2, -0.15) is 13.2 Å². The third-order valence-electron chi connectivity index (χ3n) is 3.91. The molecule has 8 heteroatoms. The number of esters is 1. The van der Waals surface area contributed by atoms with Crippen LogP contribution >= 0.6 is 0 Å². The summed E-state index contributed by atoms with van der Waals surface area (Å²) in [5.74, 6) is -3.55. The zero-order valence-corrected chi connectivity index (χ0v) is 13.1. The molecule has 0 aromatic heterocycles. The number of rotatable bonds is 3. The SMILES string of the molecule is COC(=O)[C@@H]1C[C@H](C(F)(F)F)CN(C(=O)OCc2ccccc2)C1. The van der Waals surface area contributed by atoms with E-state index in [1.54, 1.807) is 30.3 Å². The number of alkyl halides is 3. The van der Waals surface area contributed by atoms with E-state index in [2.05, 4.69) is 4.74 Å². The highest BCUT2D eigenvalue weighted by molar-refractivity contribution is 5.74. The van der Waals surface area contributed by atoms with Crippen molar-refractivity contribution in [2.45, 2.75) is 19.2 Å². The first-order valence-electron chi connectivity index (χ1n) is 7.41. The van der Waals surface area contributed by atoms with Crippen molar-refractivity contribution in [3.63, 3.8) is 0 Å². The second-order valence-corrected chi connectivity index (χ2v) is 5.64. The van der Waals surface area contributed by atoms with E-state index in [0.717, 1.165) is 17.6 Å². The molecule has 24 heavy (non-hydrogen) atoms. The van der Waals surface area contributed by atoms with Gasteiger partial charge in [0.1, 0.15) is 6.61 Å². The van der Waals surface area contributed by atoms with Gasteiger partial charge in [-0.1, -0.05) is 30.3 Å². The lowest BCUT2D eigenvalue weighted by Crippen LogP contribution is -2.50. The molecular formula is C16H18F3NO4. The molecule has 132 valence electrons. The Labute approximate surface area is 137 Å². The Balaban J connectivity index is 2.03. The molecule has 0 saturated carbocycles. The molecule has 0 aliphatic carbocycles. The van der Waals surface area contributed by atoms with Crippen LogP contribution in [-0.2, 0) is 20.9 Å². The smallest absolute Gasteiger partial charge is 0.410 e. The van der Waals surface area contributed by atoms with Crippen molar-refractivity contribution in [2.24, 2.45) is 11.8 Å². The zero-order valence-electron chi connectivity index (χ0n) is 13.1. The number of amides is 1. The Morgan fingerprint density at radius 3 is 2.46 bits per heavy atom. The lowest BCUT2D eigenvalue weighted by molar-refractivity contribution is -0.192. The van der Waals surface area contributed by atoms with Crippen LogP contribution in [0, 0.1) is 11.8 Å². The molecule has 1 amide bonds. The lowest BCUT2D eigenvalue weighted by Gasteiger charge is -2.36. The molecule has 0 bridgehead atoms. The summed E-state index contributed by atoms with van der Waals surface area (Å²) in [6.45, 7) is -0.715. The molecule has 1 aliphatic heterocycles. The number of nitrogens with zero attached hydrogens (tertiary/aromatic N) is 1. The van der Waals surface area contributed by atoms with Gasteiger partial charge in [-0.05, 0) is 12.0 Å². The summed E-state index contributed by atoms with van der Waals surface area (Å²) in [4.78, 5) is 24.6. The van der Waals surface area contributed by atoms with Gasteiger partial charge in [0.15, 0.2) is 0 Å². The molecule has 1 aromatic carbocycles. The van der Waals surface area contributed by atoms with Crippen molar-refractivity contribution in [3.05, 3.63) is 35.9 Å². The number of hydrogen-bond donors (Lipinski definition) is 0. The maximum absolute atomic E-state index is 13.0. The Morgan fingerprint density at radius 2 is 1.88 bits per heavy atom. The van der Waals surface area contributed by atoms with E-state index >= 15 is 0 Å². The second-order valence-electron chi connectivity index (χ2n) is 5.64. The van der Waals surface area contributed by atoms with Crippen LogP contribution in [-0.4, -0.2) is 43.3 Å². The van der Waals surface area contributed by atoms with Crippen molar-refractivity contribution in [1.29, 1.82) is 0 Å². The van der Waals surface area contributed by atoms with Crippen LogP contribution in [0.4, 0.5) is 18.0 Å². The van der Waals surface area contributed by atoms with Crippen LogP contribution in [0.2, 0.25) is 0 Å². The van der Waals surface area contributed by atoms with Crippen molar-refractivity contribution in [1.82, 2.24) is 4.90 Å². The van der Waals surface area contributed by atoms with Gasteiger partial charge in [0.2, 0.25) is 0 Å². The first-order chi connectivity index (χ1) is 11.3. The molecule has 2 rings (SSSR count). The summed E-state index contributed by atoms with van der Waals surface area (Å²) in [7, 11) is 1.11. The fraction of sp³-hybridized carbons (Fsp3) is 0.500. The summed E-state index contributed by atoms with van der Waals surface area (Å²) in [6.07, 6.45) is -5.76. The fourth-order valence-corrected chi connectivity index (χ4v) is 2.63. The highest BCUT2D eigenvalue weighted by Crippen LogP contribution is 2.36. The van der Waals surface area contributed by atoms with Gasteiger partial charge in [0, 0.05) is 13.1 Å². The van der Waals surface area contributed by atoms with Gasteiger partial charge in [-0.25, -0.2) is 4.79 Å². The molecule has 0 radical (unpaired) electrons. The highest BCUT2D eigenvalue weighted by Gasteiger charge is 2.47. The van der Waals surface area contributed by atoms with Gasteiger partial charge in [-0.15, -0.1) is 0 Å². The number of carbonyl (C=O) groups is 2. The summed E-state index contributed by atoms with van der Waals surface area (Å²) >= 11 is 0. The van der Waals surface area contributed by atoms with Crippen LogP contribution in [0.5, 0.6) is 0 Å². The van der Waals surface area contributed by atoms with Gasteiger partial charge < -0.3 is 14.4 Å². The monoisotopic (exact) mass is 345 g/mol. The quantitative estimate of drug-likeness (QED) is 0.791. The Bertz CT molecular complexity index is 576. The Kier molecular flexibility index (Phi) is 5.69. The van der Waals surface area contributed by atoms with Gasteiger partial charge in [0.25, 0.3) is 0 Å². The predicted molar refractivity (Wildman–Crippen MR) is 77.9 cm³/mol. The fourth-order valence-electron chi connectivity index (χ4n) is 2.63. The van der Waals surface area contributed by atoms with E-state index in [0.29, 0.717) is 0 Å². The van der Waals surface area contributed by atoms with Crippen LogP contribution < -0.4 is 0 Å². The Hall–Kier alpha value is -2.25.